The molecule has 1 rings (SSSR count). The van der Waals surface area contributed by atoms with Crippen LogP contribution in [0.4, 0.5) is 4.39 Å². The maximum Gasteiger partial charge on any atom is 0.124 e. The van der Waals surface area contributed by atoms with Gasteiger partial charge in [-0.05, 0) is 31.5 Å². The van der Waals surface area contributed by atoms with Gasteiger partial charge in [0.05, 0.1) is 0 Å². The van der Waals surface area contributed by atoms with E-state index in [0.717, 1.165) is 23.5 Å². The average molecular weight is 252 g/mol. The summed E-state index contributed by atoms with van der Waals surface area (Å²) in [6.07, 6.45) is 1.73. The molecular weight excluding hydrogens is 235 g/mol. The standard InChI is InChI=1S/C13H17FN2S/c1-2-3-4-7-12(16-15)10-17-13-8-5-6-11(14)9-13/h5-6,8-9,12,16H,4,7,10,15H2,1H3. The van der Waals surface area contributed by atoms with Crippen LogP contribution in [0.3, 0.4) is 0 Å². The van der Waals surface area contributed by atoms with Gasteiger partial charge in [0, 0.05) is 23.1 Å². The smallest absolute Gasteiger partial charge is 0.124 e. The summed E-state index contributed by atoms with van der Waals surface area (Å²) in [4.78, 5) is 0.923. The molecule has 1 unspecified atom stereocenters. The minimum absolute atomic E-state index is 0.198. The number of hydrogen-bond acceptors (Lipinski definition) is 3. The highest BCUT2D eigenvalue weighted by Gasteiger charge is 2.06. The quantitative estimate of drug-likeness (QED) is 0.354. The molecule has 0 amide bonds. The number of hydrazine groups is 1. The molecule has 0 aliphatic carbocycles. The number of nitrogens with one attached hydrogen (secondary N) is 1. The first-order valence-electron chi connectivity index (χ1n) is 5.50. The third-order valence-electron chi connectivity index (χ3n) is 2.28. The zero-order valence-corrected chi connectivity index (χ0v) is 10.7. The molecule has 0 aromatic heterocycles. The third kappa shape index (κ3) is 5.73. The maximum absolute atomic E-state index is 13.0. The molecule has 0 saturated carbocycles. The molecule has 4 heteroatoms. The molecule has 0 saturated heterocycles. The minimum Gasteiger partial charge on any atom is -0.271 e. The average Bonchev–Trinajstić information content (AvgIpc) is 2.34. The Morgan fingerprint density at radius 1 is 1.53 bits per heavy atom. The van der Waals surface area contributed by atoms with Crippen LogP contribution < -0.4 is 11.3 Å². The topological polar surface area (TPSA) is 38.0 Å². The Hall–Kier alpha value is -1.02. The van der Waals surface area contributed by atoms with E-state index >= 15 is 0 Å². The molecule has 1 aromatic rings. The molecule has 1 atom stereocenters. The van der Waals surface area contributed by atoms with Crippen molar-refractivity contribution in [2.24, 2.45) is 5.84 Å². The summed E-state index contributed by atoms with van der Waals surface area (Å²) >= 11 is 1.59. The molecule has 0 heterocycles. The molecule has 1 aromatic carbocycles. The highest BCUT2D eigenvalue weighted by atomic mass is 32.2. The van der Waals surface area contributed by atoms with Crippen LogP contribution in [-0.2, 0) is 0 Å². The normalized spacial score (nSPS) is 11.7. The molecular formula is C13H17FN2S. The predicted octanol–water partition coefficient (Wildman–Crippen LogP) is 2.55. The predicted molar refractivity (Wildman–Crippen MR) is 70.9 cm³/mol. The van der Waals surface area contributed by atoms with Crippen molar-refractivity contribution in [2.45, 2.75) is 30.7 Å². The Kier molecular flexibility index (Phi) is 6.71. The van der Waals surface area contributed by atoms with Crippen molar-refractivity contribution in [3.63, 3.8) is 0 Å². The molecule has 0 spiro atoms. The Morgan fingerprint density at radius 3 is 3.00 bits per heavy atom. The van der Waals surface area contributed by atoms with Gasteiger partial charge in [-0.1, -0.05) is 6.07 Å². The van der Waals surface area contributed by atoms with Crippen LogP contribution >= 0.6 is 11.8 Å². The van der Waals surface area contributed by atoms with Gasteiger partial charge in [0.1, 0.15) is 5.82 Å². The van der Waals surface area contributed by atoms with Crippen molar-refractivity contribution in [3.8, 4) is 11.8 Å². The van der Waals surface area contributed by atoms with E-state index in [9.17, 15) is 4.39 Å². The van der Waals surface area contributed by atoms with Crippen LogP contribution in [0.5, 0.6) is 0 Å². The first kappa shape index (κ1) is 14.0. The number of thioether (sulfide) groups is 1. The van der Waals surface area contributed by atoms with E-state index in [2.05, 4.69) is 17.3 Å². The lowest BCUT2D eigenvalue weighted by Gasteiger charge is -2.13. The zero-order valence-electron chi connectivity index (χ0n) is 9.87. The molecule has 0 aliphatic heterocycles. The van der Waals surface area contributed by atoms with Gasteiger partial charge in [-0.2, -0.15) is 0 Å². The molecule has 0 bridgehead atoms. The molecule has 0 radical (unpaired) electrons. The third-order valence-corrected chi connectivity index (χ3v) is 3.43. The van der Waals surface area contributed by atoms with Gasteiger partial charge in [0.25, 0.3) is 0 Å². The van der Waals surface area contributed by atoms with Crippen molar-refractivity contribution in [1.82, 2.24) is 5.43 Å². The number of nitrogens with two attached hydrogens (primary N) is 1. The van der Waals surface area contributed by atoms with Crippen LogP contribution in [0, 0.1) is 17.7 Å². The SMILES string of the molecule is CC#CCCC(CSc1cccc(F)c1)NN. The number of rotatable bonds is 6. The van der Waals surface area contributed by atoms with Gasteiger partial charge in [-0.15, -0.1) is 23.6 Å². The van der Waals surface area contributed by atoms with Crippen molar-refractivity contribution in [1.29, 1.82) is 0 Å². The largest absolute Gasteiger partial charge is 0.271 e. The van der Waals surface area contributed by atoms with Crippen LogP contribution in [-0.4, -0.2) is 11.8 Å². The first-order valence-corrected chi connectivity index (χ1v) is 6.49. The lowest BCUT2D eigenvalue weighted by atomic mass is 10.2. The van der Waals surface area contributed by atoms with Crippen LogP contribution in [0.15, 0.2) is 29.2 Å². The highest BCUT2D eigenvalue weighted by molar-refractivity contribution is 7.99. The Labute approximate surface area is 106 Å². The Bertz CT molecular complexity index is 398. The number of benzene rings is 1. The van der Waals surface area contributed by atoms with E-state index in [1.165, 1.54) is 12.1 Å². The molecule has 3 N–H and O–H groups in total. The fourth-order valence-electron chi connectivity index (χ4n) is 1.34. The van der Waals surface area contributed by atoms with Crippen LogP contribution in [0.2, 0.25) is 0 Å². The summed E-state index contributed by atoms with van der Waals surface area (Å²) < 4.78 is 13.0. The summed E-state index contributed by atoms with van der Waals surface area (Å²) in [7, 11) is 0. The van der Waals surface area contributed by atoms with E-state index in [4.69, 9.17) is 5.84 Å². The second-order valence-corrected chi connectivity index (χ2v) is 4.69. The zero-order chi connectivity index (χ0) is 12.5. The van der Waals surface area contributed by atoms with Gasteiger partial charge in [-0.3, -0.25) is 11.3 Å². The molecule has 17 heavy (non-hydrogen) atoms. The van der Waals surface area contributed by atoms with Gasteiger partial charge in [0.2, 0.25) is 0 Å². The lowest BCUT2D eigenvalue weighted by molar-refractivity contribution is 0.547. The fourth-order valence-corrected chi connectivity index (χ4v) is 2.37. The van der Waals surface area contributed by atoms with Crippen LogP contribution in [0.1, 0.15) is 19.8 Å². The highest BCUT2D eigenvalue weighted by Crippen LogP contribution is 2.20. The van der Waals surface area contributed by atoms with E-state index < -0.39 is 0 Å². The van der Waals surface area contributed by atoms with Crippen molar-refractivity contribution in [3.05, 3.63) is 30.1 Å². The van der Waals surface area contributed by atoms with Gasteiger partial charge >= 0.3 is 0 Å². The monoisotopic (exact) mass is 252 g/mol. The van der Waals surface area contributed by atoms with E-state index in [1.54, 1.807) is 17.8 Å². The second-order valence-electron chi connectivity index (χ2n) is 3.60. The van der Waals surface area contributed by atoms with Crippen LogP contribution in [0.25, 0.3) is 0 Å². The minimum atomic E-state index is -0.205. The Balaban J connectivity index is 2.38. The molecule has 0 fully saturated rings. The summed E-state index contributed by atoms with van der Waals surface area (Å²) in [6, 6.07) is 6.78. The summed E-state index contributed by atoms with van der Waals surface area (Å²) in [5, 5.41) is 0. The van der Waals surface area contributed by atoms with Gasteiger partial charge < -0.3 is 0 Å². The van der Waals surface area contributed by atoms with Crippen molar-refractivity contribution >= 4 is 11.8 Å². The van der Waals surface area contributed by atoms with Crippen molar-refractivity contribution in [2.75, 3.05) is 5.75 Å². The van der Waals surface area contributed by atoms with Gasteiger partial charge in [-0.25, -0.2) is 4.39 Å². The molecule has 2 nitrogen and oxygen atoms in total. The molecule has 92 valence electrons. The first-order chi connectivity index (χ1) is 8.26. The van der Waals surface area contributed by atoms with E-state index in [-0.39, 0.29) is 11.9 Å². The second kappa shape index (κ2) is 8.13. The Morgan fingerprint density at radius 2 is 2.35 bits per heavy atom. The number of hydrogen-bond donors (Lipinski definition) is 2. The summed E-state index contributed by atoms with van der Waals surface area (Å²) in [5.41, 5.74) is 2.76. The van der Waals surface area contributed by atoms with Crippen molar-refractivity contribution < 1.29 is 4.39 Å². The maximum atomic E-state index is 13.0. The number of halogens is 1. The summed E-state index contributed by atoms with van der Waals surface area (Å²) in [6.45, 7) is 1.83. The van der Waals surface area contributed by atoms with E-state index in [1.807, 2.05) is 13.0 Å². The van der Waals surface area contributed by atoms with Gasteiger partial charge in [0.15, 0.2) is 0 Å². The fraction of sp³-hybridized carbons (Fsp3) is 0.385. The summed E-state index contributed by atoms with van der Waals surface area (Å²) in [5.74, 6) is 11.9. The molecule has 0 aliphatic rings. The van der Waals surface area contributed by atoms with E-state index in [0.29, 0.717) is 0 Å². The lowest BCUT2D eigenvalue weighted by Crippen LogP contribution is -2.36.